The lowest BCUT2D eigenvalue weighted by Gasteiger charge is -2.30. The molecule has 0 atom stereocenters. The van der Waals surface area contributed by atoms with Crippen molar-refractivity contribution in [2.24, 2.45) is 0 Å². The Balaban J connectivity index is 1.43. The van der Waals surface area contributed by atoms with Crippen LogP contribution in [0, 0.1) is 0 Å². The summed E-state index contributed by atoms with van der Waals surface area (Å²) < 4.78 is 0. The van der Waals surface area contributed by atoms with Gasteiger partial charge in [0.05, 0.1) is 5.69 Å². The van der Waals surface area contributed by atoms with Gasteiger partial charge in [0.25, 0.3) is 0 Å². The highest BCUT2D eigenvalue weighted by molar-refractivity contribution is 8.03. The number of tetrazole rings is 1. The summed E-state index contributed by atoms with van der Waals surface area (Å²) in [6.45, 7) is 2.76. The molecule has 9 heteroatoms. The van der Waals surface area contributed by atoms with E-state index in [-0.39, 0.29) is 0 Å². The van der Waals surface area contributed by atoms with Crippen molar-refractivity contribution in [2.45, 2.75) is 18.8 Å². The highest BCUT2D eigenvalue weighted by Crippen LogP contribution is 2.27. The molecule has 0 amide bonds. The summed E-state index contributed by atoms with van der Waals surface area (Å²) in [5.74, 6) is 2.97. The topological polar surface area (TPSA) is 95.5 Å². The summed E-state index contributed by atoms with van der Waals surface area (Å²) in [4.78, 5) is 12.7. The maximum Gasteiger partial charge on any atom is 0.225 e. The molecule has 0 bridgehead atoms. The Labute approximate surface area is 138 Å². The fourth-order valence-electron chi connectivity index (χ4n) is 2.90. The molecule has 0 spiro atoms. The number of hydrogen-bond donors (Lipinski definition) is 2. The van der Waals surface area contributed by atoms with Crippen molar-refractivity contribution in [1.82, 2.24) is 35.9 Å². The molecule has 8 nitrogen and oxygen atoms in total. The van der Waals surface area contributed by atoms with Crippen LogP contribution >= 0.6 is 11.8 Å². The van der Waals surface area contributed by atoms with E-state index in [1.54, 1.807) is 0 Å². The molecule has 2 saturated heterocycles. The van der Waals surface area contributed by atoms with Crippen molar-refractivity contribution in [2.75, 3.05) is 30.4 Å². The van der Waals surface area contributed by atoms with Crippen LogP contribution in [0.25, 0.3) is 6.08 Å². The number of aromatic nitrogens is 6. The van der Waals surface area contributed by atoms with Gasteiger partial charge in [0, 0.05) is 42.5 Å². The van der Waals surface area contributed by atoms with Gasteiger partial charge in [0.2, 0.25) is 5.95 Å². The van der Waals surface area contributed by atoms with E-state index in [4.69, 9.17) is 4.98 Å². The van der Waals surface area contributed by atoms with Crippen molar-refractivity contribution in [1.29, 1.82) is 0 Å². The Hall–Kier alpha value is -2.00. The monoisotopic (exact) mass is 330 g/mol. The third kappa shape index (κ3) is 3.35. The number of piperidine rings is 1. The van der Waals surface area contributed by atoms with Crippen molar-refractivity contribution >= 4 is 23.8 Å². The smallest absolute Gasteiger partial charge is 0.225 e. The van der Waals surface area contributed by atoms with Gasteiger partial charge in [-0.05, 0) is 25.0 Å². The first-order valence-corrected chi connectivity index (χ1v) is 8.72. The van der Waals surface area contributed by atoms with E-state index in [0.717, 1.165) is 55.8 Å². The normalized spacial score (nSPS) is 21.2. The lowest BCUT2D eigenvalue weighted by Crippen LogP contribution is -2.34. The lowest BCUT2D eigenvalue weighted by molar-refractivity contribution is 0.481. The molecule has 2 aliphatic heterocycles. The Morgan fingerprint density at radius 1 is 1.30 bits per heavy atom. The van der Waals surface area contributed by atoms with Gasteiger partial charge >= 0.3 is 0 Å². The zero-order valence-corrected chi connectivity index (χ0v) is 13.5. The highest BCUT2D eigenvalue weighted by atomic mass is 32.2. The molecule has 0 radical (unpaired) electrons. The van der Waals surface area contributed by atoms with E-state index >= 15 is 0 Å². The summed E-state index contributed by atoms with van der Waals surface area (Å²) in [6, 6.07) is 1.96. The molecule has 4 rings (SSSR count). The molecular formula is C14H18N8S. The van der Waals surface area contributed by atoms with Crippen LogP contribution in [-0.4, -0.2) is 56.1 Å². The van der Waals surface area contributed by atoms with E-state index in [1.165, 1.54) is 4.91 Å². The van der Waals surface area contributed by atoms with Crippen LogP contribution in [0.1, 0.15) is 30.3 Å². The maximum absolute atomic E-state index is 4.70. The lowest BCUT2D eigenvalue weighted by atomic mass is 9.96. The summed E-state index contributed by atoms with van der Waals surface area (Å²) >= 11 is 1.83. The Morgan fingerprint density at radius 2 is 2.22 bits per heavy atom. The summed E-state index contributed by atoms with van der Waals surface area (Å²) in [6.07, 6.45) is 5.97. The van der Waals surface area contributed by atoms with Crippen LogP contribution in [0.15, 0.2) is 17.2 Å². The molecule has 2 aliphatic rings. The molecule has 0 aromatic carbocycles. The molecule has 2 aromatic heterocycles. The van der Waals surface area contributed by atoms with Crippen LogP contribution in [0.4, 0.5) is 5.95 Å². The molecule has 23 heavy (non-hydrogen) atoms. The number of aromatic amines is 1. The van der Waals surface area contributed by atoms with E-state index in [1.807, 2.05) is 24.0 Å². The minimum Gasteiger partial charge on any atom is -0.341 e. The van der Waals surface area contributed by atoms with Crippen LogP contribution in [0.5, 0.6) is 0 Å². The highest BCUT2D eigenvalue weighted by Gasteiger charge is 2.24. The van der Waals surface area contributed by atoms with Gasteiger partial charge in [-0.1, -0.05) is 5.21 Å². The number of H-pyrrole nitrogens is 1. The molecule has 0 unspecified atom stereocenters. The average Bonchev–Trinajstić information content (AvgIpc) is 3.29. The first-order valence-electron chi connectivity index (χ1n) is 7.74. The second kappa shape index (κ2) is 6.63. The molecular weight excluding hydrogens is 312 g/mol. The van der Waals surface area contributed by atoms with E-state index in [9.17, 15) is 0 Å². The van der Waals surface area contributed by atoms with Crippen LogP contribution in [-0.2, 0) is 0 Å². The van der Waals surface area contributed by atoms with Gasteiger partial charge in [-0.3, -0.25) is 0 Å². The molecule has 0 aliphatic carbocycles. The predicted molar refractivity (Wildman–Crippen MR) is 88.8 cm³/mol. The number of nitrogens with zero attached hydrogens (tertiary/aromatic N) is 6. The third-order valence-corrected chi connectivity index (χ3v) is 5.12. The van der Waals surface area contributed by atoms with Gasteiger partial charge in [0.1, 0.15) is 0 Å². The fourth-order valence-corrected chi connectivity index (χ4v) is 3.70. The van der Waals surface area contributed by atoms with Crippen molar-refractivity contribution < 1.29 is 0 Å². The summed E-state index contributed by atoms with van der Waals surface area (Å²) in [7, 11) is 0. The SMILES string of the molecule is C(=C1\CNCS1)/c1ccnc(N2CCC(c3nn[nH]n3)CC2)n1. The largest absolute Gasteiger partial charge is 0.341 e. The predicted octanol–water partition coefficient (Wildman–Crippen LogP) is 1.01. The van der Waals surface area contributed by atoms with E-state index in [2.05, 4.69) is 41.9 Å². The standard InChI is InChI=1S/C14H18N8S/c1-4-16-14(17-11(1)7-12-8-15-9-23-12)22-5-2-10(3-6-22)13-18-20-21-19-13/h1,4,7,10,15H,2-3,5-6,8-9H2,(H,18,19,20,21)/b12-7-. The first kappa shape index (κ1) is 14.6. The van der Waals surface area contributed by atoms with Crippen molar-refractivity contribution in [3.63, 3.8) is 0 Å². The second-order valence-corrected chi connectivity index (χ2v) is 6.74. The summed E-state index contributed by atoms with van der Waals surface area (Å²) in [5.41, 5.74) is 0.974. The number of anilines is 1. The van der Waals surface area contributed by atoms with Gasteiger partial charge in [-0.2, -0.15) is 5.21 Å². The average molecular weight is 330 g/mol. The zero-order valence-electron chi connectivity index (χ0n) is 12.6. The third-order valence-electron chi connectivity index (χ3n) is 4.14. The van der Waals surface area contributed by atoms with Crippen LogP contribution in [0.2, 0.25) is 0 Å². The summed E-state index contributed by atoms with van der Waals surface area (Å²) in [5, 5.41) is 17.7. The van der Waals surface area contributed by atoms with Gasteiger partial charge in [-0.25, -0.2) is 9.97 Å². The van der Waals surface area contributed by atoms with Crippen LogP contribution < -0.4 is 10.2 Å². The van der Waals surface area contributed by atoms with Gasteiger partial charge in [-0.15, -0.1) is 22.0 Å². The molecule has 2 N–H and O–H groups in total. The van der Waals surface area contributed by atoms with Crippen molar-refractivity contribution in [3.8, 4) is 0 Å². The Kier molecular flexibility index (Phi) is 4.20. The van der Waals surface area contributed by atoms with Crippen LogP contribution in [0.3, 0.4) is 0 Å². The Morgan fingerprint density at radius 3 is 2.96 bits per heavy atom. The number of nitrogens with one attached hydrogen (secondary N) is 2. The number of rotatable bonds is 3. The molecule has 2 aromatic rings. The van der Waals surface area contributed by atoms with Gasteiger partial charge in [0.15, 0.2) is 5.82 Å². The quantitative estimate of drug-likeness (QED) is 0.861. The van der Waals surface area contributed by atoms with Crippen molar-refractivity contribution in [3.05, 3.63) is 28.7 Å². The molecule has 120 valence electrons. The minimum atomic E-state index is 0.372. The first-order chi connectivity index (χ1) is 11.4. The molecule has 0 saturated carbocycles. The minimum absolute atomic E-state index is 0.372. The van der Waals surface area contributed by atoms with E-state index in [0.29, 0.717) is 5.92 Å². The van der Waals surface area contributed by atoms with E-state index < -0.39 is 0 Å². The Bertz CT molecular complexity index is 670. The fraction of sp³-hybridized carbons (Fsp3) is 0.500. The zero-order chi connectivity index (χ0) is 15.5. The molecule has 4 heterocycles. The number of thioether (sulfide) groups is 1. The maximum atomic E-state index is 4.70. The molecule has 2 fully saturated rings. The number of hydrogen-bond acceptors (Lipinski definition) is 8. The second-order valence-electron chi connectivity index (χ2n) is 5.64. The van der Waals surface area contributed by atoms with Gasteiger partial charge < -0.3 is 10.2 Å².